The molecule has 20 heavy (non-hydrogen) atoms. The van der Waals surface area contributed by atoms with Gasteiger partial charge in [0.15, 0.2) is 0 Å². The second-order valence-electron chi connectivity index (χ2n) is 4.97. The summed E-state index contributed by atoms with van der Waals surface area (Å²) >= 11 is 4.94. The first kappa shape index (κ1) is 15.3. The molecule has 5 heteroatoms. The molecule has 0 spiro atoms. The summed E-state index contributed by atoms with van der Waals surface area (Å²) < 4.78 is 1.96. The summed E-state index contributed by atoms with van der Waals surface area (Å²) in [5.74, 6) is -0.0702. The molecule has 0 aliphatic rings. The molecule has 108 valence electrons. The average Bonchev–Trinajstić information content (AvgIpc) is 2.75. The van der Waals surface area contributed by atoms with Gasteiger partial charge in [-0.2, -0.15) is 0 Å². The fourth-order valence-corrected chi connectivity index (χ4v) is 3.93. The van der Waals surface area contributed by atoms with E-state index in [1.54, 1.807) is 0 Å². The van der Waals surface area contributed by atoms with Crippen molar-refractivity contribution in [3.63, 3.8) is 0 Å². The van der Waals surface area contributed by atoms with Crippen molar-refractivity contribution >= 4 is 48.9 Å². The Bertz CT molecular complexity index is 624. The van der Waals surface area contributed by atoms with Crippen molar-refractivity contribution in [1.29, 1.82) is 0 Å². The number of amides is 1. The number of carbonyl (C=O) groups excluding carboxylic acids is 1. The van der Waals surface area contributed by atoms with Crippen molar-refractivity contribution in [2.45, 2.75) is 39.2 Å². The van der Waals surface area contributed by atoms with Crippen LogP contribution in [0.4, 0.5) is 5.69 Å². The minimum Gasteiger partial charge on any atom is -0.397 e. The van der Waals surface area contributed by atoms with Gasteiger partial charge in [0.2, 0.25) is 0 Å². The number of rotatable bonds is 5. The number of benzene rings is 1. The highest BCUT2D eigenvalue weighted by Gasteiger charge is 2.18. The van der Waals surface area contributed by atoms with Crippen LogP contribution in [0, 0.1) is 0 Å². The summed E-state index contributed by atoms with van der Waals surface area (Å²) in [6.07, 6.45) is 3.25. The van der Waals surface area contributed by atoms with Crippen LogP contribution in [-0.2, 0) is 0 Å². The molecule has 2 aromatic rings. The molecule has 3 nitrogen and oxygen atoms in total. The van der Waals surface area contributed by atoms with Crippen molar-refractivity contribution in [1.82, 2.24) is 5.32 Å². The highest BCUT2D eigenvalue weighted by atomic mass is 79.9. The lowest BCUT2D eigenvalue weighted by molar-refractivity contribution is 0.0943. The Morgan fingerprint density at radius 2 is 2.25 bits per heavy atom. The topological polar surface area (TPSA) is 55.1 Å². The lowest BCUT2D eigenvalue weighted by atomic mass is 10.1. The summed E-state index contributed by atoms with van der Waals surface area (Å²) in [6, 6.07) is 6.05. The Morgan fingerprint density at radius 3 is 2.90 bits per heavy atom. The molecule has 1 atom stereocenters. The van der Waals surface area contributed by atoms with Crippen molar-refractivity contribution < 1.29 is 4.79 Å². The quantitative estimate of drug-likeness (QED) is 0.826. The molecule has 1 amide bonds. The standard InChI is InChI=1S/C15H19BrN2OS/c1-3-4-6-9(2)18-15(19)14-13(17)12-10(16)7-5-8-11(12)20-14/h5,7-9H,3-4,6,17H2,1-2H3,(H,18,19). The Kier molecular flexibility index (Phi) is 5.05. The van der Waals surface area contributed by atoms with Crippen LogP contribution in [-0.4, -0.2) is 11.9 Å². The summed E-state index contributed by atoms with van der Waals surface area (Å²) in [5, 5.41) is 3.96. The van der Waals surface area contributed by atoms with Gasteiger partial charge in [-0.15, -0.1) is 11.3 Å². The van der Waals surface area contributed by atoms with E-state index >= 15 is 0 Å². The van der Waals surface area contributed by atoms with E-state index in [9.17, 15) is 4.79 Å². The van der Waals surface area contributed by atoms with E-state index in [1.807, 2.05) is 25.1 Å². The molecule has 1 heterocycles. The van der Waals surface area contributed by atoms with Gasteiger partial charge in [0, 0.05) is 20.6 Å². The second-order valence-corrected chi connectivity index (χ2v) is 6.88. The number of anilines is 1. The van der Waals surface area contributed by atoms with Crippen LogP contribution in [0.2, 0.25) is 0 Å². The summed E-state index contributed by atoms with van der Waals surface area (Å²) in [4.78, 5) is 12.9. The Balaban J connectivity index is 2.22. The number of thiophene rings is 1. The maximum Gasteiger partial charge on any atom is 0.263 e. The van der Waals surface area contributed by atoms with Crippen LogP contribution in [0.5, 0.6) is 0 Å². The first-order valence-corrected chi connectivity index (χ1v) is 8.42. The number of nitrogen functional groups attached to an aromatic ring is 1. The van der Waals surface area contributed by atoms with Crippen molar-refractivity contribution in [3.05, 3.63) is 27.5 Å². The number of unbranched alkanes of at least 4 members (excludes halogenated alkanes) is 1. The van der Waals surface area contributed by atoms with Crippen LogP contribution in [0.1, 0.15) is 42.8 Å². The Hall–Kier alpha value is -1.07. The minimum atomic E-state index is -0.0702. The minimum absolute atomic E-state index is 0.0702. The first-order valence-electron chi connectivity index (χ1n) is 6.82. The molecule has 2 rings (SSSR count). The zero-order valence-corrected chi connectivity index (χ0v) is 14.1. The third-order valence-corrected chi connectivity index (χ3v) is 5.11. The monoisotopic (exact) mass is 354 g/mol. The molecule has 0 aliphatic carbocycles. The number of carbonyl (C=O) groups is 1. The van der Waals surface area contributed by atoms with E-state index in [0.29, 0.717) is 10.6 Å². The van der Waals surface area contributed by atoms with Crippen molar-refractivity contribution in [2.75, 3.05) is 5.73 Å². The highest BCUT2D eigenvalue weighted by Crippen LogP contribution is 2.38. The molecule has 0 aliphatic heterocycles. The molecule has 0 radical (unpaired) electrons. The molecular formula is C15H19BrN2OS. The average molecular weight is 355 g/mol. The molecule has 3 N–H and O–H groups in total. The van der Waals surface area contributed by atoms with E-state index in [1.165, 1.54) is 11.3 Å². The highest BCUT2D eigenvalue weighted by molar-refractivity contribution is 9.10. The smallest absolute Gasteiger partial charge is 0.263 e. The third-order valence-electron chi connectivity index (χ3n) is 3.28. The largest absolute Gasteiger partial charge is 0.397 e. The summed E-state index contributed by atoms with van der Waals surface area (Å²) in [5.41, 5.74) is 6.70. The third kappa shape index (κ3) is 3.15. The van der Waals surface area contributed by atoms with Gasteiger partial charge in [0.05, 0.1) is 5.69 Å². The second kappa shape index (κ2) is 6.59. The lowest BCUT2D eigenvalue weighted by Crippen LogP contribution is -2.32. The van der Waals surface area contributed by atoms with E-state index in [2.05, 4.69) is 28.2 Å². The van der Waals surface area contributed by atoms with Gasteiger partial charge in [-0.1, -0.05) is 41.8 Å². The molecule has 0 bridgehead atoms. The van der Waals surface area contributed by atoms with Gasteiger partial charge in [0.1, 0.15) is 4.88 Å². The Morgan fingerprint density at radius 1 is 1.50 bits per heavy atom. The van der Waals surface area contributed by atoms with Crippen molar-refractivity contribution in [3.8, 4) is 0 Å². The Labute approximate surface area is 131 Å². The fourth-order valence-electron chi connectivity index (χ4n) is 2.17. The molecule has 0 fully saturated rings. The van der Waals surface area contributed by atoms with E-state index < -0.39 is 0 Å². The zero-order valence-electron chi connectivity index (χ0n) is 11.7. The van der Waals surface area contributed by atoms with Crippen LogP contribution in [0.15, 0.2) is 22.7 Å². The van der Waals surface area contributed by atoms with Crippen LogP contribution in [0.25, 0.3) is 10.1 Å². The number of hydrogen-bond donors (Lipinski definition) is 2. The van der Waals surface area contributed by atoms with E-state index in [-0.39, 0.29) is 11.9 Å². The van der Waals surface area contributed by atoms with Gasteiger partial charge >= 0.3 is 0 Å². The number of halogens is 1. The molecular weight excluding hydrogens is 336 g/mol. The fraction of sp³-hybridized carbons (Fsp3) is 0.400. The first-order chi connectivity index (χ1) is 9.54. The number of hydrogen-bond acceptors (Lipinski definition) is 3. The predicted molar refractivity (Wildman–Crippen MR) is 90.4 cm³/mol. The SMILES string of the molecule is CCCCC(C)NC(=O)c1sc2cccc(Br)c2c1N. The molecule has 1 aromatic carbocycles. The molecule has 0 saturated heterocycles. The number of nitrogens with two attached hydrogens (primary N) is 1. The van der Waals surface area contributed by atoms with Gasteiger partial charge in [-0.25, -0.2) is 0 Å². The van der Waals surface area contributed by atoms with Gasteiger partial charge in [-0.05, 0) is 25.5 Å². The maximum atomic E-state index is 12.3. The van der Waals surface area contributed by atoms with Crippen LogP contribution < -0.4 is 11.1 Å². The normalized spacial score (nSPS) is 12.6. The van der Waals surface area contributed by atoms with Gasteiger partial charge < -0.3 is 11.1 Å². The number of fused-ring (bicyclic) bond motifs is 1. The molecule has 0 saturated carbocycles. The van der Waals surface area contributed by atoms with Crippen molar-refractivity contribution in [2.24, 2.45) is 0 Å². The predicted octanol–water partition coefficient (Wildman–Crippen LogP) is 4.55. The molecule has 1 unspecified atom stereocenters. The lowest BCUT2D eigenvalue weighted by Gasteiger charge is -2.12. The maximum absolute atomic E-state index is 12.3. The van der Waals surface area contributed by atoms with Gasteiger partial charge in [-0.3, -0.25) is 4.79 Å². The number of nitrogens with one attached hydrogen (secondary N) is 1. The van der Waals surface area contributed by atoms with E-state index in [4.69, 9.17) is 5.73 Å². The van der Waals surface area contributed by atoms with E-state index in [0.717, 1.165) is 33.8 Å². The zero-order chi connectivity index (χ0) is 14.7. The summed E-state index contributed by atoms with van der Waals surface area (Å²) in [6.45, 7) is 4.18. The van der Waals surface area contributed by atoms with Crippen LogP contribution >= 0.6 is 27.3 Å². The summed E-state index contributed by atoms with van der Waals surface area (Å²) in [7, 11) is 0. The molecule has 1 aromatic heterocycles. The van der Waals surface area contributed by atoms with Crippen LogP contribution in [0.3, 0.4) is 0 Å². The van der Waals surface area contributed by atoms with Gasteiger partial charge in [0.25, 0.3) is 5.91 Å².